The number of carbonyl (C=O) groups is 4. The number of anilines is 1. The van der Waals surface area contributed by atoms with Crippen molar-refractivity contribution in [2.75, 3.05) is 18.6 Å². The number of carbonyl (C=O) groups excluding carboxylic acids is 4. The van der Waals surface area contributed by atoms with Gasteiger partial charge in [0.2, 0.25) is 0 Å². The molecule has 40 heavy (non-hydrogen) atoms. The Morgan fingerprint density at radius 2 is 1.68 bits per heavy atom. The van der Waals surface area contributed by atoms with Gasteiger partial charge in [-0.05, 0) is 72.7 Å². The van der Waals surface area contributed by atoms with E-state index in [9.17, 15) is 19.2 Å². The molecule has 0 spiro atoms. The van der Waals surface area contributed by atoms with Crippen molar-refractivity contribution in [3.05, 3.63) is 91.9 Å². The molecule has 3 aromatic carbocycles. The van der Waals surface area contributed by atoms with Crippen LogP contribution in [0.15, 0.2) is 60.2 Å². The van der Waals surface area contributed by atoms with E-state index in [0.29, 0.717) is 15.6 Å². The Labute approximate surface area is 244 Å². The zero-order valence-electron chi connectivity index (χ0n) is 21.1. The number of hydrogen-bond donors (Lipinski definition) is 1. The van der Waals surface area contributed by atoms with E-state index in [2.05, 4.69) is 5.32 Å². The molecule has 1 aliphatic heterocycles. The first-order valence-corrected chi connectivity index (χ1v) is 12.9. The molecule has 1 heterocycles. The summed E-state index contributed by atoms with van der Waals surface area (Å²) in [6, 6.07) is 12.8. The van der Waals surface area contributed by atoms with E-state index in [-0.39, 0.29) is 46.6 Å². The number of imide groups is 2. The summed E-state index contributed by atoms with van der Waals surface area (Å²) in [5.74, 6) is -1.83. The average molecular weight is 604 g/mol. The minimum absolute atomic E-state index is 0.111. The van der Waals surface area contributed by atoms with E-state index in [4.69, 9.17) is 49.0 Å². The van der Waals surface area contributed by atoms with Crippen LogP contribution in [0, 0.1) is 0 Å². The molecule has 1 saturated heterocycles. The Kier molecular flexibility index (Phi) is 8.99. The Morgan fingerprint density at radius 3 is 2.33 bits per heavy atom. The standard InChI is InChI=1S/C28H21Cl3N2O7/c1-3-39-27(36)17-5-7-18(8-6-17)33-26(35)19(25(34)32-28(33)37)10-16-12-22(31)24(23(13-16)38-2)40-14-15-4-9-20(29)21(30)11-15/h4-13H,3,14H2,1-2H3,(H,32,34,37)/b19-10+. The lowest BCUT2D eigenvalue weighted by Gasteiger charge is -2.26. The van der Waals surface area contributed by atoms with Crippen molar-refractivity contribution in [1.82, 2.24) is 5.32 Å². The van der Waals surface area contributed by atoms with E-state index in [1.165, 1.54) is 49.6 Å². The molecule has 0 saturated carbocycles. The second-order valence-electron chi connectivity index (χ2n) is 8.30. The van der Waals surface area contributed by atoms with Gasteiger partial charge in [-0.1, -0.05) is 40.9 Å². The highest BCUT2D eigenvalue weighted by Gasteiger charge is 2.37. The van der Waals surface area contributed by atoms with Gasteiger partial charge >= 0.3 is 12.0 Å². The maximum Gasteiger partial charge on any atom is 0.338 e. The largest absolute Gasteiger partial charge is 0.493 e. The average Bonchev–Trinajstić information content (AvgIpc) is 2.92. The molecule has 0 unspecified atom stereocenters. The maximum absolute atomic E-state index is 13.3. The summed E-state index contributed by atoms with van der Waals surface area (Å²) in [6.07, 6.45) is 1.28. The summed E-state index contributed by atoms with van der Waals surface area (Å²) in [5.41, 5.74) is 1.15. The summed E-state index contributed by atoms with van der Waals surface area (Å²) in [6.45, 7) is 1.98. The highest BCUT2D eigenvalue weighted by atomic mass is 35.5. The number of esters is 1. The van der Waals surface area contributed by atoms with Gasteiger partial charge in [0.15, 0.2) is 11.5 Å². The third-order valence-electron chi connectivity index (χ3n) is 5.67. The summed E-state index contributed by atoms with van der Waals surface area (Å²) < 4.78 is 16.2. The second-order valence-corrected chi connectivity index (χ2v) is 9.52. The second kappa shape index (κ2) is 12.4. The van der Waals surface area contributed by atoms with Gasteiger partial charge in [-0.2, -0.15) is 0 Å². The van der Waals surface area contributed by atoms with Gasteiger partial charge in [0.25, 0.3) is 11.8 Å². The van der Waals surface area contributed by atoms with Crippen LogP contribution in [0.1, 0.15) is 28.4 Å². The number of halogens is 3. The van der Waals surface area contributed by atoms with E-state index >= 15 is 0 Å². The first-order valence-electron chi connectivity index (χ1n) is 11.8. The molecule has 0 aliphatic carbocycles. The molecule has 0 atom stereocenters. The monoisotopic (exact) mass is 602 g/mol. The van der Waals surface area contributed by atoms with Gasteiger partial charge in [-0.25, -0.2) is 14.5 Å². The van der Waals surface area contributed by atoms with Gasteiger partial charge in [0, 0.05) is 0 Å². The maximum atomic E-state index is 13.3. The highest BCUT2D eigenvalue weighted by molar-refractivity contribution is 6.42. The summed E-state index contributed by atoms with van der Waals surface area (Å²) in [7, 11) is 1.41. The number of hydrogen-bond acceptors (Lipinski definition) is 7. The number of benzene rings is 3. The Balaban J connectivity index is 1.60. The van der Waals surface area contributed by atoms with E-state index < -0.39 is 23.8 Å². The summed E-state index contributed by atoms with van der Waals surface area (Å²) >= 11 is 18.5. The van der Waals surface area contributed by atoms with Gasteiger partial charge < -0.3 is 14.2 Å². The third-order valence-corrected chi connectivity index (χ3v) is 6.69. The topological polar surface area (TPSA) is 111 Å². The number of amides is 4. The molecular formula is C28H21Cl3N2O7. The van der Waals surface area contributed by atoms with Crippen LogP contribution in [-0.4, -0.2) is 37.5 Å². The van der Waals surface area contributed by atoms with Crippen molar-refractivity contribution in [2.45, 2.75) is 13.5 Å². The number of nitrogens with one attached hydrogen (secondary N) is 1. The molecule has 1 aliphatic rings. The molecular weight excluding hydrogens is 583 g/mol. The minimum Gasteiger partial charge on any atom is -0.493 e. The number of nitrogens with zero attached hydrogens (tertiary/aromatic N) is 1. The summed E-state index contributed by atoms with van der Waals surface area (Å²) in [4.78, 5) is 51.1. The van der Waals surface area contributed by atoms with E-state index in [0.717, 1.165) is 10.5 Å². The van der Waals surface area contributed by atoms with Gasteiger partial charge in [-0.15, -0.1) is 0 Å². The van der Waals surface area contributed by atoms with Crippen LogP contribution in [0.4, 0.5) is 10.5 Å². The Morgan fingerprint density at radius 1 is 0.950 bits per heavy atom. The molecule has 9 nitrogen and oxygen atoms in total. The molecule has 4 amide bonds. The van der Waals surface area contributed by atoms with Crippen molar-refractivity contribution >= 4 is 70.4 Å². The van der Waals surface area contributed by atoms with Crippen LogP contribution in [0.2, 0.25) is 15.1 Å². The molecule has 3 aromatic rings. The molecule has 0 aromatic heterocycles. The lowest BCUT2D eigenvalue weighted by molar-refractivity contribution is -0.122. The first kappa shape index (κ1) is 28.9. The van der Waals surface area contributed by atoms with Crippen LogP contribution >= 0.6 is 34.8 Å². The SMILES string of the molecule is CCOC(=O)c1ccc(N2C(=O)NC(=O)/C(=C\c3cc(Cl)c(OCc4ccc(Cl)c(Cl)c4)c(OC)c3)C2=O)cc1. The number of rotatable bonds is 8. The molecule has 4 rings (SSSR count). The van der Waals surface area contributed by atoms with E-state index in [1.54, 1.807) is 25.1 Å². The van der Waals surface area contributed by atoms with Crippen LogP contribution in [0.25, 0.3) is 6.08 Å². The number of ether oxygens (including phenoxy) is 3. The quantitative estimate of drug-likeness (QED) is 0.189. The lowest BCUT2D eigenvalue weighted by atomic mass is 10.1. The fourth-order valence-corrected chi connectivity index (χ4v) is 4.36. The fraction of sp³-hybridized carbons (Fsp3) is 0.143. The molecule has 1 fully saturated rings. The fourth-order valence-electron chi connectivity index (χ4n) is 3.77. The first-order chi connectivity index (χ1) is 19.1. The zero-order valence-corrected chi connectivity index (χ0v) is 23.4. The van der Waals surface area contributed by atoms with Crippen LogP contribution in [-0.2, 0) is 20.9 Å². The Bertz CT molecular complexity index is 1540. The van der Waals surface area contributed by atoms with Crippen molar-refractivity contribution in [1.29, 1.82) is 0 Å². The minimum atomic E-state index is -0.933. The predicted molar refractivity (Wildman–Crippen MR) is 150 cm³/mol. The van der Waals surface area contributed by atoms with Crippen LogP contribution < -0.4 is 19.7 Å². The number of urea groups is 1. The van der Waals surface area contributed by atoms with Gasteiger partial charge in [0.1, 0.15) is 12.2 Å². The molecule has 0 radical (unpaired) electrons. The van der Waals surface area contributed by atoms with Crippen molar-refractivity contribution in [3.63, 3.8) is 0 Å². The van der Waals surface area contributed by atoms with Crippen molar-refractivity contribution in [3.8, 4) is 11.5 Å². The molecule has 1 N–H and O–H groups in total. The van der Waals surface area contributed by atoms with Crippen molar-refractivity contribution < 1.29 is 33.4 Å². The Hall–Kier alpha value is -4.05. The van der Waals surface area contributed by atoms with Crippen LogP contribution in [0.3, 0.4) is 0 Å². The zero-order chi connectivity index (χ0) is 29.0. The smallest absolute Gasteiger partial charge is 0.338 e. The summed E-state index contributed by atoms with van der Waals surface area (Å²) in [5, 5.41) is 3.08. The van der Waals surface area contributed by atoms with Gasteiger partial charge in [-0.3, -0.25) is 14.9 Å². The highest BCUT2D eigenvalue weighted by Crippen LogP contribution is 2.38. The molecule has 0 bridgehead atoms. The van der Waals surface area contributed by atoms with Crippen molar-refractivity contribution in [2.24, 2.45) is 0 Å². The third kappa shape index (κ3) is 6.22. The predicted octanol–water partition coefficient (Wildman–Crippen LogP) is 6.08. The normalized spacial score (nSPS) is 14.3. The van der Waals surface area contributed by atoms with E-state index in [1.807, 2.05) is 0 Å². The van der Waals surface area contributed by atoms with Gasteiger partial charge in [0.05, 0.1) is 40.0 Å². The van der Waals surface area contributed by atoms with Crippen LogP contribution in [0.5, 0.6) is 11.5 Å². The number of barbiturate groups is 1. The molecule has 12 heteroatoms. The lowest BCUT2D eigenvalue weighted by Crippen LogP contribution is -2.54. The molecule has 206 valence electrons. The number of methoxy groups -OCH3 is 1.